The van der Waals surface area contributed by atoms with Crippen LogP contribution in [0.15, 0.2) is 66.7 Å². The van der Waals surface area contributed by atoms with E-state index in [0.717, 1.165) is 16.7 Å². The van der Waals surface area contributed by atoms with Crippen molar-refractivity contribution in [3.8, 4) is 28.7 Å². The van der Waals surface area contributed by atoms with Crippen LogP contribution < -0.4 is 18.9 Å². The van der Waals surface area contributed by atoms with Crippen molar-refractivity contribution >= 4 is 17.9 Å². The number of ketones is 1. The number of carbonyl (C=O) groups is 1. The zero-order chi connectivity index (χ0) is 24.5. The zero-order valence-corrected chi connectivity index (χ0v) is 19.7. The number of rotatable bonds is 10. The maximum atomic E-state index is 12.4. The molecule has 0 radical (unpaired) electrons. The van der Waals surface area contributed by atoms with Crippen molar-refractivity contribution in [2.24, 2.45) is 0 Å². The number of hydrogen-bond donors (Lipinski definition) is 1. The number of allylic oxidation sites excluding steroid dienone is 2. The molecule has 0 aliphatic carbocycles. The van der Waals surface area contributed by atoms with Crippen molar-refractivity contribution in [1.29, 1.82) is 0 Å². The first-order chi connectivity index (χ1) is 16.5. The van der Waals surface area contributed by atoms with Crippen LogP contribution in [0.25, 0.3) is 12.2 Å². The number of ether oxygens (including phenoxy) is 4. The van der Waals surface area contributed by atoms with E-state index in [9.17, 15) is 9.90 Å². The molecule has 0 unspecified atom stereocenters. The molecule has 0 aliphatic heterocycles. The number of hydrogen-bond acceptors (Lipinski definition) is 6. The molecule has 6 heteroatoms. The highest BCUT2D eigenvalue weighted by Gasteiger charge is 2.13. The predicted octanol–water partition coefficient (Wildman–Crippen LogP) is 5.58. The summed E-state index contributed by atoms with van der Waals surface area (Å²) in [6.07, 6.45) is 7.60. The summed E-state index contributed by atoms with van der Waals surface area (Å²) in [7, 11) is 6.18. The quantitative estimate of drug-likeness (QED) is 0.242. The van der Waals surface area contributed by atoms with E-state index in [1.54, 1.807) is 57.7 Å². The first-order valence-electron chi connectivity index (χ1n) is 10.6. The van der Waals surface area contributed by atoms with Crippen LogP contribution in [0.5, 0.6) is 28.7 Å². The number of aromatic hydroxyl groups is 1. The van der Waals surface area contributed by atoms with Crippen LogP contribution in [-0.2, 0) is 6.42 Å². The van der Waals surface area contributed by atoms with Crippen molar-refractivity contribution in [3.05, 3.63) is 89.0 Å². The van der Waals surface area contributed by atoms with Gasteiger partial charge >= 0.3 is 0 Å². The molecule has 0 atom stereocenters. The summed E-state index contributed by atoms with van der Waals surface area (Å²) in [6.45, 7) is 0. The van der Waals surface area contributed by atoms with E-state index in [1.165, 1.54) is 7.11 Å². The molecule has 176 valence electrons. The molecule has 0 bridgehead atoms. The number of carbonyl (C=O) groups excluding carboxylic acids is 1. The molecular weight excluding hydrogens is 432 g/mol. The molecule has 0 spiro atoms. The monoisotopic (exact) mass is 460 g/mol. The summed E-state index contributed by atoms with van der Waals surface area (Å²) in [5.41, 5.74) is 3.12. The Hall–Kier alpha value is -4.19. The molecule has 0 heterocycles. The van der Waals surface area contributed by atoms with Crippen LogP contribution in [0.3, 0.4) is 0 Å². The van der Waals surface area contributed by atoms with Crippen LogP contribution in [0.1, 0.15) is 27.0 Å². The summed E-state index contributed by atoms with van der Waals surface area (Å²) in [5, 5.41) is 10.3. The third kappa shape index (κ3) is 5.78. The molecule has 0 fully saturated rings. The standard InChI is InChI=1S/C28H28O6/c1-31-25-18-21(11-8-12-23(29)20-9-6-5-7-10-20)22(17-24(25)30)14-13-19-15-26(32-2)28(34-4)27(16-19)33-3/h5-10,12-18,30H,11H2,1-4H3/b12-8-,14-13-. The molecule has 0 aliphatic rings. The minimum atomic E-state index is -0.0686. The van der Waals surface area contributed by atoms with E-state index in [-0.39, 0.29) is 11.5 Å². The Morgan fingerprint density at radius 2 is 1.47 bits per heavy atom. The SMILES string of the molecule is COc1cc(C/C=C\C(=O)c2ccccc2)c(/C=C\c2cc(OC)c(OC)c(OC)c2)cc1O. The molecule has 3 rings (SSSR count). The summed E-state index contributed by atoms with van der Waals surface area (Å²) >= 11 is 0. The molecule has 0 amide bonds. The van der Waals surface area contributed by atoms with Crippen LogP contribution >= 0.6 is 0 Å². The fourth-order valence-corrected chi connectivity index (χ4v) is 3.50. The van der Waals surface area contributed by atoms with E-state index in [4.69, 9.17) is 18.9 Å². The first kappa shape index (κ1) is 24.5. The van der Waals surface area contributed by atoms with Gasteiger partial charge in [0, 0.05) is 5.56 Å². The summed E-state index contributed by atoms with van der Waals surface area (Å²) in [4.78, 5) is 12.4. The highest BCUT2D eigenvalue weighted by molar-refractivity contribution is 6.04. The van der Waals surface area contributed by atoms with Gasteiger partial charge in [0.05, 0.1) is 28.4 Å². The van der Waals surface area contributed by atoms with Gasteiger partial charge in [0.1, 0.15) is 0 Å². The summed E-state index contributed by atoms with van der Waals surface area (Å²) in [6, 6.07) is 16.2. The molecule has 34 heavy (non-hydrogen) atoms. The van der Waals surface area contributed by atoms with E-state index >= 15 is 0 Å². The van der Waals surface area contributed by atoms with Crippen LogP contribution in [-0.4, -0.2) is 39.3 Å². The highest BCUT2D eigenvalue weighted by Crippen LogP contribution is 2.39. The van der Waals surface area contributed by atoms with Gasteiger partial charge in [0.15, 0.2) is 28.8 Å². The average Bonchev–Trinajstić information content (AvgIpc) is 2.87. The molecule has 6 nitrogen and oxygen atoms in total. The van der Waals surface area contributed by atoms with E-state index < -0.39 is 0 Å². The Morgan fingerprint density at radius 3 is 2.06 bits per heavy atom. The van der Waals surface area contributed by atoms with E-state index in [0.29, 0.717) is 35.0 Å². The number of phenolic OH excluding ortho intramolecular Hbond substituents is 1. The zero-order valence-electron chi connectivity index (χ0n) is 19.7. The lowest BCUT2D eigenvalue weighted by atomic mass is 10.0. The van der Waals surface area contributed by atoms with E-state index in [1.807, 2.05) is 42.5 Å². The van der Waals surface area contributed by atoms with Crippen LogP contribution in [0.4, 0.5) is 0 Å². The highest BCUT2D eigenvalue weighted by atomic mass is 16.5. The minimum absolute atomic E-state index is 0.0279. The Labute approximate surface area is 199 Å². The van der Waals surface area contributed by atoms with Gasteiger partial charge in [-0.25, -0.2) is 0 Å². The topological polar surface area (TPSA) is 74.2 Å². The Bertz CT molecular complexity index is 1170. The largest absolute Gasteiger partial charge is 0.504 e. The predicted molar refractivity (Wildman–Crippen MR) is 133 cm³/mol. The van der Waals surface area contributed by atoms with Crippen molar-refractivity contribution in [2.75, 3.05) is 28.4 Å². The Morgan fingerprint density at radius 1 is 0.824 bits per heavy atom. The average molecular weight is 461 g/mol. The Kier molecular flexibility index (Phi) is 8.35. The molecule has 0 saturated carbocycles. The van der Waals surface area contributed by atoms with Gasteiger partial charge in [-0.2, -0.15) is 0 Å². The van der Waals surface area contributed by atoms with E-state index in [2.05, 4.69) is 0 Å². The second kappa shape index (κ2) is 11.6. The fraction of sp³-hybridized carbons (Fsp3) is 0.179. The van der Waals surface area contributed by atoms with Crippen molar-refractivity contribution in [1.82, 2.24) is 0 Å². The lowest BCUT2D eigenvalue weighted by Gasteiger charge is -2.13. The first-order valence-corrected chi connectivity index (χ1v) is 10.6. The third-order valence-electron chi connectivity index (χ3n) is 5.25. The summed E-state index contributed by atoms with van der Waals surface area (Å²) < 4.78 is 21.5. The second-order valence-electron chi connectivity index (χ2n) is 7.35. The third-order valence-corrected chi connectivity index (χ3v) is 5.25. The maximum absolute atomic E-state index is 12.4. The second-order valence-corrected chi connectivity index (χ2v) is 7.35. The van der Waals surface area contributed by atoms with Gasteiger partial charge in [-0.1, -0.05) is 48.6 Å². The van der Waals surface area contributed by atoms with Gasteiger partial charge in [-0.3, -0.25) is 4.79 Å². The number of phenols is 1. The molecule has 0 aromatic heterocycles. The Balaban J connectivity index is 1.91. The van der Waals surface area contributed by atoms with Gasteiger partial charge in [0.25, 0.3) is 0 Å². The maximum Gasteiger partial charge on any atom is 0.203 e. The van der Waals surface area contributed by atoms with Crippen molar-refractivity contribution in [2.45, 2.75) is 6.42 Å². The minimum Gasteiger partial charge on any atom is -0.504 e. The van der Waals surface area contributed by atoms with Crippen LogP contribution in [0.2, 0.25) is 0 Å². The molecular formula is C28H28O6. The van der Waals surface area contributed by atoms with Gasteiger partial charge < -0.3 is 24.1 Å². The van der Waals surface area contributed by atoms with Crippen LogP contribution in [0, 0.1) is 0 Å². The molecule has 3 aromatic carbocycles. The smallest absolute Gasteiger partial charge is 0.203 e. The normalized spacial score (nSPS) is 11.1. The number of benzene rings is 3. The molecule has 1 N–H and O–H groups in total. The lowest BCUT2D eigenvalue weighted by molar-refractivity contribution is 0.104. The molecule has 0 saturated heterocycles. The van der Waals surface area contributed by atoms with Crippen molar-refractivity contribution < 1.29 is 28.8 Å². The van der Waals surface area contributed by atoms with Crippen molar-refractivity contribution in [3.63, 3.8) is 0 Å². The summed E-state index contributed by atoms with van der Waals surface area (Å²) in [5.74, 6) is 1.92. The van der Waals surface area contributed by atoms with Gasteiger partial charge in [-0.05, 0) is 53.5 Å². The fourth-order valence-electron chi connectivity index (χ4n) is 3.50. The lowest BCUT2D eigenvalue weighted by Crippen LogP contribution is -1.96. The van der Waals surface area contributed by atoms with Gasteiger partial charge in [0.2, 0.25) is 5.75 Å². The van der Waals surface area contributed by atoms with Gasteiger partial charge in [-0.15, -0.1) is 0 Å². The molecule has 3 aromatic rings. The number of methoxy groups -OCH3 is 4.